The van der Waals surface area contributed by atoms with Crippen LogP contribution in [-0.4, -0.2) is 24.5 Å². The zero-order valence-corrected chi connectivity index (χ0v) is 43.2. The first-order valence-corrected chi connectivity index (χ1v) is 24.1. The number of para-hydroxylation sites is 4. The topological polar surface area (TPSA) is 63.0 Å². The molecule has 0 saturated heterocycles. The summed E-state index contributed by atoms with van der Waals surface area (Å²) >= 11 is 0. The van der Waals surface area contributed by atoms with E-state index in [0.29, 0.717) is 17.5 Å². The molecule has 0 radical (unpaired) electrons. The van der Waals surface area contributed by atoms with Crippen LogP contribution in [0.2, 0.25) is 0 Å². The van der Waals surface area contributed by atoms with Gasteiger partial charge in [0.15, 0.2) is 0 Å². The Morgan fingerprint density at radius 2 is 1.10 bits per heavy atom. The normalized spacial score (nSPS) is 12.4. The summed E-state index contributed by atoms with van der Waals surface area (Å²) in [6, 6.07) is 71.6. The van der Waals surface area contributed by atoms with Crippen LogP contribution in [0.25, 0.3) is 84.0 Å². The van der Waals surface area contributed by atoms with Crippen molar-refractivity contribution in [2.24, 2.45) is 0 Å². The Labute approximate surface area is 435 Å². The molecule has 0 spiro atoms. The van der Waals surface area contributed by atoms with E-state index in [9.17, 15) is 0 Å². The van der Waals surface area contributed by atoms with Gasteiger partial charge in [-0.2, -0.15) is 0 Å². The summed E-state index contributed by atoms with van der Waals surface area (Å²) in [6.07, 6.45) is 1.91. The molecule has 0 fully saturated rings. The molecule has 0 N–H and O–H groups in total. The fourth-order valence-electron chi connectivity index (χ4n) is 10.2. The van der Waals surface area contributed by atoms with Crippen molar-refractivity contribution in [1.29, 1.82) is 0 Å². The maximum absolute atomic E-state index is 5.30. The van der Waals surface area contributed by atoms with Crippen LogP contribution in [0, 0.1) is 39.6 Å². The molecule has 0 aliphatic carbocycles. The summed E-state index contributed by atoms with van der Waals surface area (Å²) in [4.78, 5) is 25.3. The van der Waals surface area contributed by atoms with Gasteiger partial charge in [-0.1, -0.05) is 159 Å². The molecule has 0 bridgehead atoms. The van der Waals surface area contributed by atoms with Crippen molar-refractivity contribution in [2.45, 2.75) is 47.0 Å². The third kappa shape index (κ3) is 8.27. The van der Waals surface area contributed by atoms with Gasteiger partial charge in [0.1, 0.15) is 11.6 Å². The first-order valence-electron chi connectivity index (χ1n) is 24.1. The van der Waals surface area contributed by atoms with E-state index in [-0.39, 0.29) is 26.5 Å². The molecule has 7 nitrogen and oxygen atoms in total. The number of pyridine rings is 1. The Hall–Kier alpha value is -7.99. The summed E-state index contributed by atoms with van der Waals surface area (Å²) < 4.78 is 2.21. The molecule has 1 aliphatic heterocycles. The molecule has 0 saturated carbocycles. The van der Waals surface area contributed by atoms with Gasteiger partial charge < -0.3 is 19.4 Å². The van der Waals surface area contributed by atoms with Crippen LogP contribution in [0.4, 0.5) is 22.7 Å². The Balaban J connectivity index is 0.00000560. The van der Waals surface area contributed by atoms with Crippen LogP contribution in [0.3, 0.4) is 0 Å². The largest absolute Gasteiger partial charge is 0.488 e. The van der Waals surface area contributed by atoms with Crippen molar-refractivity contribution in [3.8, 4) is 62.2 Å². The van der Waals surface area contributed by atoms with Crippen LogP contribution in [0.5, 0.6) is 0 Å². The average molecular weight is 1110 g/mol. The van der Waals surface area contributed by atoms with E-state index in [1.165, 1.54) is 11.1 Å². The Kier molecular flexibility index (Phi) is 12.0. The van der Waals surface area contributed by atoms with E-state index in [0.717, 1.165) is 100 Å². The first-order chi connectivity index (χ1) is 34.6. The molecule has 3 aromatic heterocycles. The van der Waals surface area contributed by atoms with Gasteiger partial charge in [0.25, 0.3) is 0 Å². The van der Waals surface area contributed by atoms with Crippen molar-refractivity contribution in [3.63, 3.8) is 0 Å². The van der Waals surface area contributed by atoms with E-state index in [2.05, 4.69) is 251 Å². The predicted molar refractivity (Wildman–Crippen MR) is 291 cm³/mol. The Morgan fingerprint density at radius 1 is 0.514 bits per heavy atom. The van der Waals surface area contributed by atoms with Gasteiger partial charge >= 0.3 is 0 Å². The molecule has 72 heavy (non-hydrogen) atoms. The quantitative estimate of drug-likeness (QED) is 0.141. The summed E-state index contributed by atoms with van der Waals surface area (Å²) in [5.41, 5.74) is 17.6. The average Bonchev–Trinajstić information content (AvgIpc) is 3.94. The number of benzene rings is 8. The number of anilines is 4. The third-order valence-corrected chi connectivity index (χ3v) is 13.6. The molecule has 354 valence electrons. The van der Waals surface area contributed by atoms with Crippen LogP contribution in [0.15, 0.2) is 188 Å². The van der Waals surface area contributed by atoms with Crippen LogP contribution < -0.4 is 9.80 Å². The van der Waals surface area contributed by atoms with Gasteiger partial charge in [0, 0.05) is 66.5 Å². The monoisotopic (exact) mass is 1110 g/mol. The van der Waals surface area contributed by atoms with Gasteiger partial charge in [0.2, 0.25) is 0 Å². The van der Waals surface area contributed by atoms with Gasteiger partial charge in [0.05, 0.1) is 11.6 Å². The number of nitrogens with zero attached hydrogens (tertiary/aromatic N) is 7. The van der Waals surface area contributed by atoms with E-state index in [4.69, 9.17) is 19.9 Å². The molecule has 0 amide bonds. The Bertz CT molecular complexity index is 3760. The fraction of sp³-hybridized carbons (Fsp3) is 0.109. The third-order valence-electron chi connectivity index (χ3n) is 13.6. The van der Waals surface area contributed by atoms with Crippen LogP contribution >= 0.6 is 0 Å². The molecule has 0 unspecified atom stereocenters. The zero-order valence-electron chi connectivity index (χ0n) is 40.9. The van der Waals surface area contributed by atoms with Gasteiger partial charge in [-0.15, -0.1) is 60.3 Å². The maximum atomic E-state index is 5.30. The number of rotatable bonds is 8. The molecule has 11 aromatic rings. The molecule has 8 heteroatoms. The Morgan fingerprint density at radius 3 is 1.76 bits per heavy atom. The van der Waals surface area contributed by atoms with E-state index in [1.807, 2.05) is 12.3 Å². The van der Waals surface area contributed by atoms with E-state index >= 15 is 0 Å². The zero-order chi connectivity index (χ0) is 48.4. The van der Waals surface area contributed by atoms with Crippen LogP contribution in [0.1, 0.15) is 43.0 Å². The number of hydrogen-bond donors (Lipinski definition) is 0. The SMILES string of the molecule is Cc1cc(C)c(-c2nc(-c3[c-]c(N4[CH-]N(c5c(-c6ccccc6)cccc5-c5ccccc5)c5ccccc54)ccc3)nc(-c3[c-]c4c(cc3)c3ccccc3n4-c3cc(C(C)(C)C)ccn3)n2)c(C)c1.[Pt]. The number of aromatic nitrogens is 5. The summed E-state index contributed by atoms with van der Waals surface area (Å²) in [7, 11) is 0. The maximum Gasteiger partial charge on any atom is 0.144 e. The molecular formula is C64H50N7Pt-3. The predicted octanol–water partition coefficient (Wildman–Crippen LogP) is 15.9. The fourth-order valence-corrected chi connectivity index (χ4v) is 10.2. The van der Waals surface area contributed by atoms with Crippen molar-refractivity contribution < 1.29 is 21.1 Å². The summed E-state index contributed by atoms with van der Waals surface area (Å²) in [6.45, 7) is 15.3. The second-order valence-corrected chi connectivity index (χ2v) is 19.4. The first kappa shape index (κ1) is 46.4. The van der Waals surface area contributed by atoms with Gasteiger partial charge in [-0.3, -0.25) is 9.97 Å². The number of fused-ring (bicyclic) bond motifs is 4. The van der Waals surface area contributed by atoms with Crippen LogP contribution in [-0.2, 0) is 26.5 Å². The standard InChI is InChI=1S/C64H50N7.Pt/c1-41-35-42(2)59(43(3)36-41)63-67-61(66-62(68-63)47-31-32-53-52-25-13-14-28-54(52)71(57(53)38-47)58-39-48(33-34-65-58)64(4,5)6)46-23-17-24-49(37-46)69-40-70(56-30-16-15-29-55(56)69)60-50(44-19-9-7-10-20-44)26-18-27-51(60)45-21-11-8-12-22-45;/h7-36,39-40H,1-6H3;/q-3;. The molecule has 0 atom stereocenters. The summed E-state index contributed by atoms with van der Waals surface area (Å²) in [5.74, 6) is 2.48. The molecule has 1 aliphatic rings. The molecule has 4 heterocycles. The molecule has 8 aromatic carbocycles. The second-order valence-electron chi connectivity index (χ2n) is 19.4. The van der Waals surface area contributed by atoms with Crippen molar-refractivity contribution in [1.82, 2.24) is 24.5 Å². The van der Waals surface area contributed by atoms with E-state index < -0.39 is 0 Å². The smallest absolute Gasteiger partial charge is 0.144 e. The number of aryl methyl sites for hydroxylation is 3. The molecule has 12 rings (SSSR count). The molecular weight excluding hydrogens is 1060 g/mol. The van der Waals surface area contributed by atoms with Crippen molar-refractivity contribution >= 4 is 44.6 Å². The minimum atomic E-state index is -0.0567. The van der Waals surface area contributed by atoms with Crippen molar-refractivity contribution in [3.05, 3.63) is 229 Å². The minimum absolute atomic E-state index is 0. The minimum Gasteiger partial charge on any atom is -0.488 e. The van der Waals surface area contributed by atoms with Gasteiger partial charge in [-0.05, 0) is 95.2 Å². The summed E-state index contributed by atoms with van der Waals surface area (Å²) in [5, 5.41) is 2.20. The van der Waals surface area contributed by atoms with E-state index in [1.54, 1.807) is 0 Å². The van der Waals surface area contributed by atoms with Gasteiger partial charge in [-0.25, -0.2) is 4.98 Å². The number of hydrogen-bond acceptors (Lipinski definition) is 6. The second kappa shape index (κ2) is 18.6. The van der Waals surface area contributed by atoms with Crippen molar-refractivity contribution in [2.75, 3.05) is 9.80 Å².